The molecule has 1 atom stereocenters. The van der Waals surface area contributed by atoms with Crippen LogP contribution in [0.15, 0.2) is 5.16 Å². The van der Waals surface area contributed by atoms with E-state index in [0.717, 1.165) is 25.7 Å². The van der Waals surface area contributed by atoms with Gasteiger partial charge in [-0.15, -0.1) is 0 Å². The third-order valence-corrected chi connectivity index (χ3v) is 1.67. The van der Waals surface area contributed by atoms with Crippen LogP contribution in [-0.4, -0.2) is 22.1 Å². The van der Waals surface area contributed by atoms with E-state index in [1.807, 2.05) is 0 Å². The molecule has 9 heavy (non-hydrogen) atoms. The van der Waals surface area contributed by atoms with Crippen LogP contribution in [0.5, 0.6) is 0 Å². The quantitative estimate of drug-likeness (QED) is 0.374. The zero-order valence-electron chi connectivity index (χ0n) is 5.25. The monoisotopic (exact) mass is 129 g/mol. The maximum Gasteiger partial charge on any atom is 0.0954 e. The lowest BCUT2D eigenvalue weighted by Crippen LogP contribution is -2.24. The summed E-state index contributed by atoms with van der Waals surface area (Å²) in [5.41, 5.74) is 0.543. The van der Waals surface area contributed by atoms with Crippen molar-refractivity contribution in [2.45, 2.75) is 31.8 Å². The van der Waals surface area contributed by atoms with Crippen molar-refractivity contribution in [1.29, 1.82) is 0 Å². The summed E-state index contributed by atoms with van der Waals surface area (Å²) in [6.07, 6.45) is 3.09. The van der Waals surface area contributed by atoms with Crippen molar-refractivity contribution in [2.75, 3.05) is 0 Å². The summed E-state index contributed by atoms with van der Waals surface area (Å²) in [5.74, 6) is 0. The Labute approximate surface area is 54.0 Å². The average Bonchev–Trinajstić information content (AvgIpc) is 1.89. The molecule has 1 fully saturated rings. The molecule has 3 heteroatoms. The first-order valence-corrected chi connectivity index (χ1v) is 3.23. The van der Waals surface area contributed by atoms with Crippen LogP contribution in [0.1, 0.15) is 25.7 Å². The van der Waals surface area contributed by atoms with E-state index in [-0.39, 0.29) is 0 Å². The van der Waals surface area contributed by atoms with Gasteiger partial charge in [0.2, 0.25) is 0 Å². The van der Waals surface area contributed by atoms with Gasteiger partial charge < -0.3 is 10.3 Å². The molecule has 0 aliphatic heterocycles. The van der Waals surface area contributed by atoms with Crippen molar-refractivity contribution in [2.24, 2.45) is 5.16 Å². The Hall–Kier alpha value is -0.570. The fourth-order valence-corrected chi connectivity index (χ4v) is 1.09. The van der Waals surface area contributed by atoms with Gasteiger partial charge >= 0.3 is 0 Å². The molecule has 0 spiro atoms. The molecule has 0 bridgehead atoms. The predicted octanol–water partition coefficient (Wildman–Crippen LogP) is 0.752. The molecule has 3 nitrogen and oxygen atoms in total. The van der Waals surface area contributed by atoms with E-state index in [1.165, 1.54) is 0 Å². The predicted molar refractivity (Wildman–Crippen MR) is 33.7 cm³/mol. The topological polar surface area (TPSA) is 52.8 Å². The zero-order valence-corrected chi connectivity index (χ0v) is 5.25. The van der Waals surface area contributed by atoms with E-state index in [0.29, 0.717) is 5.71 Å². The summed E-state index contributed by atoms with van der Waals surface area (Å²) in [4.78, 5) is 0. The molecular formula is C6H11NO2. The Bertz CT molecular complexity index is 122. The van der Waals surface area contributed by atoms with E-state index in [1.54, 1.807) is 0 Å². The van der Waals surface area contributed by atoms with Gasteiger partial charge in [0.25, 0.3) is 0 Å². The Kier molecular flexibility index (Phi) is 2.05. The lowest BCUT2D eigenvalue weighted by atomic mass is 9.96. The molecule has 0 aromatic rings. The second-order valence-corrected chi connectivity index (χ2v) is 2.35. The Balaban J connectivity index is 2.49. The van der Waals surface area contributed by atoms with Crippen molar-refractivity contribution >= 4 is 5.71 Å². The number of oxime groups is 1. The van der Waals surface area contributed by atoms with Gasteiger partial charge in [0.1, 0.15) is 0 Å². The third-order valence-electron chi connectivity index (χ3n) is 1.67. The van der Waals surface area contributed by atoms with Crippen LogP contribution < -0.4 is 0 Å². The molecule has 1 saturated carbocycles. The summed E-state index contributed by atoms with van der Waals surface area (Å²) < 4.78 is 0. The average molecular weight is 129 g/mol. The van der Waals surface area contributed by atoms with E-state index < -0.39 is 6.10 Å². The minimum absolute atomic E-state index is 0.483. The molecule has 0 aromatic heterocycles. The standard InChI is InChI=1S/C6H11NO2/c8-6-4-2-1-3-5(6)7-9/h6,8-9H,1-4H2/b7-5-. The number of aliphatic hydroxyl groups is 1. The van der Waals surface area contributed by atoms with Gasteiger partial charge in [-0.1, -0.05) is 11.6 Å². The summed E-state index contributed by atoms with van der Waals surface area (Å²) in [6.45, 7) is 0. The molecule has 0 radical (unpaired) electrons. The van der Waals surface area contributed by atoms with Gasteiger partial charge in [0.05, 0.1) is 11.8 Å². The lowest BCUT2D eigenvalue weighted by molar-refractivity contribution is 0.204. The van der Waals surface area contributed by atoms with Crippen LogP contribution in [0.2, 0.25) is 0 Å². The smallest absolute Gasteiger partial charge is 0.0954 e. The van der Waals surface area contributed by atoms with Crippen molar-refractivity contribution in [1.82, 2.24) is 0 Å². The highest BCUT2D eigenvalue weighted by molar-refractivity contribution is 5.88. The van der Waals surface area contributed by atoms with Crippen LogP contribution in [0.3, 0.4) is 0 Å². The number of hydrogen-bond donors (Lipinski definition) is 2. The van der Waals surface area contributed by atoms with E-state index in [4.69, 9.17) is 10.3 Å². The normalized spacial score (nSPS) is 33.0. The first-order valence-electron chi connectivity index (χ1n) is 3.23. The van der Waals surface area contributed by atoms with Crippen LogP contribution in [0, 0.1) is 0 Å². The van der Waals surface area contributed by atoms with Crippen LogP contribution >= 0.6 is 0 Å². The fraction of sp³-hybridized carbons (Fsp3) is 0.833. The molecule has 1 rings (SSSR count). The highest BCUT2D eigenvalue weighted by Crippen LogP contribution is 2.14. The largest absolute Gasteiger partial charge is 0.411 e. The molecule has 0 saturated heterocycles. The second kappa shape index (κ2) is 2.82. The molecule has 1 aliphatic carbocycles. The van der Waals surface area contributed by atoms with Crippen LogP contribution in [0.25, 0.3) is 0 Å². The molecule has 0 heterocycles. The highest BCUT2D eigenvalue weighted by atomic mass is 16.4. The van der Waals surface area contributed by atoms with Gasteiger partial charge in [-0.3, -0.25) is 0 Å². The van der Waals surface area contributed by atoms with E-state index in [2.05, 4.69) is 5.16 Å². The molecule has 52 valence electrons. The summed E-state index contributed by atoms with van der Waals surface area (Å²) in [6, 6.07) is 0. The van der Waals surface area contributed by atoms with Crippen molar-refractivity contribution in [3.05, 3.63) is 0 Å². The number of hydrogen-bond acceptors (Lipinski definition) is 3. The first kappa shape index (κ1) is 6.55. The number of rotatable bonds is 0. The summed E-state index contributed by atoms with van der Waals surface area (Å²) in [7, 11) is 0. The SMILES string of the molecule is O/N=C1/CCCCC1O. The van der Waals surface area contributed by atoms with Gasteiger partial charge in [-0.25, -0.2) is 0 Å². The fourth-order valence-electron chi connectivity index (χ4n) is 1.09. The second-order valence-electron chi connectivity index (χ2n) is 2.35. The van der Waals surface area contributed by atoms with Crippen molar-refractivity contribution < 1.29 is 10.3 Å². The third kappa shape index (κ3) is 1.42. The minimum Gasteiger partial charge on any atom is -0.411 e. The molecular weight excluding hydrogens is 118 g/mol. The highest BCUT2D eigenvalue weighted by Gasteiger charge is 2.17. The summed E-state index contributed by atoms with van der Waals surface area (Å²) >= 11 is 0. The molecule has 0 amide bonds. The van der Waals surface area contributed by atoms with Gasteiger partial charge in [0.15, 0.2) is 0 Å². The molecule has 1 unspecified atom stereocenters. The maximum absolute atomic E-state index is 9.08. The lowest BCUT2D eigenvalue weighted by Gasteiger charge is -2.16. The van der Waals surface area contributed by atoms with Crippen molar-refractivity contribution in [3.8, 4) is 0 Å². The van der Waals surface area contributed by atoms with Gasteiger partial charge in [0, 0.05) is 0 Å². The Morgan fingerprint density at radius 3 is 2.67 bits per heavy atom. The molecule has 0 aromatic carbocycles. The number of nitrogens with zero attached hydrogens (tertiary/aromatic N) is 1. The van der Waals surface area contributed by atoms with Gasteiger partial charge in [-0.2, -0.15) is 0 Å². The van der Waals surface area contributed by atoms with Crippen LogP contribution in [0.4, 0.5) is 0 Å². The Morgan fingerprint density at radius 1 is 1.44 bits per heavy atom. The van der Waals surface area contributed by atoms with Crippen LogP contribution in [-0.2, 0) is 0 Å². The molecule has 1 aliphatic rings. The maximum atomic E-state index is 9.08. The number of aliphatic hydroxyl groups excluding tert-OH is 1. The van der Waals surface area contributed by atoms with Crippen molar-refractivity contribution in [3.63, 3.8) is 0 Å². The molecule has 2 N–H and O–H groups in total. The summed E-state index contributed by atoms with van der Waals surface area (Å²) in [5, 5.41) is 20.4. The zero-order chi connectivity index (χ0) is 6.69. The minimum atomic E-state index is -0.483. The Morgan fingerprint density at radius 2 is 2.22 bits per heavy atom. The van der Waals surface area contributed by atoms with Gasteiger partial charge in [-0.05, 0) is 19.3 Å². The first-order chi connectivity index (χ1) is 4.34. The van der Waals surface area contributed by atoms with E-state index >= 15 is 0 Å². The van der Waals surface area contributed by atoms with E-state index in [9.17, 15) is 0 Å².